The van der Waals surface area contributed by atoms with Crippen molar-refractivity contribution in [2.45, 2.75) is 19.9 Å². The van der Waals surface area contributed by atoms with E-state index < -0.39 is 0 Å². The third-order valence-electron chi connectivity index (χ3n) is 2.19. The van der Waals surface area contributed by atoms with Gasteiger partial charge in [0.25, 0.3) is 0 Å². The van der Waals surface area contributed by atoms with Crippen LogP contribution in [0.4, 0.5) is 0 Å². The predicted octanol–water partition coefficient (Wildman–Crippen LogP) is -0.167. The average Bonchev–Trinajstić information content (AvgIpc) is 2.50. The number of aliphatic hydroxyl groups excluding tert-OH is 1. The first kappa shape index (κ1) is 10.1. The molecule has 1 atom stereocenters. The lowest BCUT2D eigenvalue weighted by atomic mass is 9.84. The summed E-state index contributed by atoms with van der Waals surface area (Å²) in [5.74, 6) is 0. The first-order valence-corrected chi connectivity index (χ1v) is 4.20. The maximum atomic E-state index is 9.10. The van der Waals surface area contributed by atoms with E-state index in [1.807, 2.05) is 13.8 Å². The lowest BCUT2D eigenvalue weighted by Gasteiger charge is -2.27. The Kier molecular flexibility index (Phi) is 2.68. The van der Waals surface area contributed by atoms with Crippen molar-refractivity contribution in [2.75, 3.05) is 6.61 Å². The maximum absolute atomic E-state index is 9.10. The molecule has 0 aliphatic rings. The van der Waals surface area contributed by atoms with Crippen molar-refractivity contribution in [1.82, 2.24) is 15.0 Å². The van der Waals surface area contributed by atoms with E-state index >= 15 is 0 Å². The van der Waals surface area contributed by atoms with Crippen LogP contribution in [0.3, 0.4) is 0 Å². The first-order valence-electron chi connectivity index (χ1n) is 4.20. The van der Waals surface area contributed by atoms with Gasteiger partial charge in [-0.05, 0) is 0 Å². The SMILES string of the molecule is Cn1ncc(C(N)C(C)(C)CO)n1. The maximum Gasteiger partial charge on any atom is 0.1000 e. The van der Waals surface area contributed by atoms with E-state index in [4.69, 9.17) is 10.8 Å². The molecule has 0 fully saturated rings. The van der Waals surface area contributed by atoms with Gasteiger partial charge in [-0.1, -0.05) is 13.8 Å². The molecule has 3 N–H and O–H groups in total. The highest BCUT2D eigenvalue weighted by atomic mass is 16.3. The number of hydrogen-bond donors (Lipinski definition) is 2. The molecule has 1 heterocycles. The molecule has 0 bridgehead atoms. The van der Waals surface area contributed by atoms with Gasteiger partial charge in [-0.3, -0.25) is 0 Å². The molecule has 1 rings (SSSR count). The Labute approximate surface area is 77.6 Å². The number of rotatable bonds is 3. The minimum atomic E-state index is -0.365. The predicted molar refractivity (Wildman–Crippen MR) is 48.8 cm³/mol. The quantitative estimate of drug-likeness (QED) is 0.684. The van der Waals surface area contributed by atoms with Gasteiger partial charge in [-0.15, -0.1) is 0 Å². The summed E-state index contributed by atoms with van der Waals surface area (Å²) in [5.41, 5.74) is 6.27. The summed E-state index contributed by atoms with van der Waals surface area (Å²) >= 11 is 0. The standard InChI is InChI=1S/C8H16N4O/c1-8(2,5-13)7(9)6-4-10-12(3)11-6/h4,7,13H,5,9H2,1-3H3. The Morgan fingerprint density at radius 3 is 2.69 bits per heavy atom. The summed E-state index contributed by atoms with van der Waals surface area (Å²) in [6.45, 7) is 3.82. The van der Waals surface area contributed by atoms with Crippen molar-refractivity contribution in [3.63, 3.8) is 0 Å². The Morgan fingerprint density at radius 2 is 2.31 bits per heavy atom. The topological polar surface area (TPSA) is 77.0 Å². The molecule has 13 heavy (non-hydrogen) atoms. The van der Waals surface area contributed by atoms with Gasteiger partial charge in [-0.25, -0.2) is 0 Å². The molecule has 1 unspecified atom stereocenters. The largest absolute Gasteiger partial charge is 0.396 e. The third kappa shape index (κ3) is 2.05. The second-order valence-electron chi connectivity index (χ2n) is 3.88. The summed E-state index contributed by atoms with van der Waals surface area (Å²) in [5, 5.41) is 17.1. The van der Waals surface area contributed by atoms with Crippen LogP contribution in [0.1, 0.15) is 25.6 Å². The van der Waals surface area contributed by atoms with E-state index in [0.717, 1.165) is 0 Å². The Morgan fingerprint density at radius 1 is 1.69 bits per heavy atom. The van der Waals surface area contributed by atoms with Crippen molar-refractivity contribution in [3.8, 4) is 0 Å². The Hall–Kier alpha value is -0.940. The molecule has 0 amide bonds. The molecule has 0 aliphatic carbocycles. The van der Waals surface area contributed by atoms with Crippen LogP contribution in [0.15, 0.2) is 6.20 Å². The second-order valence-corrected chi connectivity index (χ2v) is 3.88. The summed E-state index contributed by atoms with van der Waals surface area (Å²) in [6.07, 6.45) is 1.63. The molecule has 0 radical (unpaired) electrons. The van der Waals surface area contributed by atoms with Crippen LogP contribution < -0.4 is 5.73 Å². The molecule has 0 aromatic carbocycles. The fraction of sp³-hybridized carbons (Fsp3) is 0.750. The highest BCUT2D eigenvalue weighted by Crippen LogP contribution is 2.28. The van der Waals surface area contributed by atoms with Crippen LogP contribution in [0.25, 0.3) is 0 Å². The number of nitrogens with two attached hydrogens (primary N) is 1. The number of aryl methyl sites for hydroxylation is 1. The molecule has 0 aliphatic heterocycles. The van der Waals surface area contributed by atoms with E-state index in [1.165, 1.54) is 4.80 Å². The third-order valence-corrected chi connectivity index (χ3v) is 2.19. The molecule has 1 aromatic heterocycles. The molecule has 0 saturated heterocycles. The van der Waals surface area contributed by atoms with Crippen LogP contribution in [0.5, 0.6) is 0 Å². The summed E-state index contributed by atoms with van der Waals surface area (Å²) in [7, 11) is 1.74. The smallest absolute Gasteiger partial charge is 0.1000 e. The molecule has 1 aromatic rings. The molecular weight excluding hydrogens is 168 g/mol. The molecular formula is C8H16N4O. The number of hydrogen-bond acceptors (Lipinski definition) is 4. The van der Waals surface area contributed by atoms with Crippen molar-refractivity contribution in [3.05, 3.63) is 11.9 Å². The molecule has 74 valence electrons. The van der Waals surface area contributed by atoms with Gasteiger partial charge in [0.15, 0.2) is 0 Å². The van der Waals surface area contributed by atoms with Gasteiger partial charge in [0.05, 0.1) is 24.5 Å². The van der Waals surface area contributed by atoms with Crippen molar-refractivity contribution in [1.29, 1.82) is 0 Å². The van der Waals surface area contributed by atoms with Gasteiger partial charge in [0.1, 0.15) is 0 Å². The zero-order valence-electron chi connectivity index (χ0n) is 8.23. The van der Waals surface area contributed by atoms with E-state index in [-0.39, 0.29) is 18.1 Å². The average molecular weight is 184 g/mol. The Bertz CT molecular complexity index is 281. The normalized spacial score (nSPS) is 14.5. The van der Waals surface area contributed by atoms with Crippen LogP contribution in [-0.2, 0) is 7.05 Å². The van der Waals surface area contributed by atoms with E-state index in [2.05, 4.69) is 10.2 Å². The summed E-state index contributed by atoms with van der Waals surface area (Å²) < 4.78 is 0. The minimum Gasteiger partial charge on any atom is -0.396 e. The summed E-state index contributed by atoms with van der Waals surface area (Å²) in [4.78, 5) is 1.46. The number of nitrogens with zero attached hydrogens (tertiary/aromatic N) is 3. The van der Waals surface area contributed by atoms with E-state index in [0.29, 0.717) is 5.69 Å². The van der Waals surface area contributed by atoms with Crippen molar-refractivity contribution >= 4 is 0 Å². The van der Waals surface area contributed by atoms with Gasteiger partial charge < -0.3 is 10.8 Å². The fourth-order valence-electron chi connectivity index (χ4n) is 1.00. The lowest BCUT2D eigenvalue weighted by molar-refractivity contribution is 0.130. The monoisotopic (exact) mass is 184 g/mol. The molecule has 0 spiro atoms. The van der Waals surface area contributed by atoms with Crippen LogP contribution in [-0.4, -0.2) is 26.7 Å². The van der Waals surface area contributed by atoms with Gasteiger partial charge >= 0.3 is 0 Å². The van der Waals surface area contributed by atoms with Crippen LogP contribution in [0, 0.1) is 5.41 Å². The highest BCUT2D eigenvalue weighted by Gasteiger charge is 2.28. The Balaban J connectivity index is 2.84. The number of aromatic nitrogens is 3. The number of aliphatic hydroxyl groups is 1. The zero-order chi connectivity index (χ0) is 10.1. The van der Waals surface area contributed by atoms with Crippen LogP contribution in [0.2, 0.25) is 0 Å². The summed E-state index contributed by atoms with van der Waals surface area (Å²) in [6, 6.07) is -0.286. The molecule has 5 nitrogen and oxygen atoms in total. The fourth-order valence-corrected chi connectivity index (χ4v) is 1.00. The van der Waals surface area contributed by atoms with Gasteiger partial charge in [0, 0.05) is 12.5 Å². The first-order chi connectivity index (χ1) is 5.97. The van der Waals surface area contributed by atoms with E-state index in [1.54, 1.807) is 13.2 Å². The zero-order valence-corrected chi connectivity index (χ0v) is 8.23. The highest BCUT2D eigenvalue weighted by molar-refractivity contribution is 5.04. The minimum absolute atomic E-state index is 0.0325. The molecule has 0 saturated carbocycles. The molecule has 5 heteroatoms. The lowest BCUT2D eigenvalue weighted by Crippen LogP contribution is -2.32. The van der Waals surface area contributed by atoms with Crippen molar-refractivity contribution in [2.24, 2.45) is 18.2 Å². The second kappa shape index (κ2) is 3.43. The van der Waals surface area contributed by atoms with Gasteiger partial charge in [-0.2, -0.15) is 15.0 Å². The van der Waals surface area contributed by atoms with Crippen LogP contribution >= 0.6 is 0 Å². The van der Waals surface area contributed by atoms with E-state index in [9.17, 15) is 0 Å². The van der Waals surface area contributed by atoms with Gasteiger partial charge in [0.2, 0.25) is 0 Å². The van der Waals surface area contributed by atoms with Crippen molar-refractivity contribution < 1.29 is 5.11 Å².